The number of hydrogen-bond donors (Lipinski definition) is 2. The van der Waals surface area contributed by atoms with Crippen LogP contribution in [0.3, 0.4) is 0 Å². The Labute approximate surface area is 179 Å². The molecular formula is C23H21N5OS. The minimum absolute atomic E-state index is 0.165. The zero-order valence-corrected chi connectivity index (χ0v) is 17.7. The summed E-state index contributed by atoms with van der Waals surface area (Å²) in [7, 11) is 0. The van der Waals surface area contributed by atoms with Gasteiger partial charge in [0.05, 0.1) is 10.7 Å². The van der Waals surface area contributed by atoms with Crippen molar-refractivity contribution in [3.63, 3.8) is 0 Å². The molecule has 0 fully saturated rings. The van der Waals surface area contributed by atoms with Gasteiger partial charge >= 0.3 is 0 Å². The number of nitrogens with one attached hydrogen (secondary N) is 2. The Kier molecular flexibility index (Phi) is 5.54. The van der Waals surface area contributed by atoms with E-state index < -0.39 is 0 Å². The van der Waals surface area contributed by atoms with Crippen LogP contribution in [0.5, 0.6) is 0 Å². The van der Waals surface area contributed by atoms with Crippen molar-refractivity contribution < 1.29 is 4.79 Å². The van der Waals surface area contributed by atoms with Crippen molar-refractivity contribution in [2.75, 3.05) is 10.6 Å². The van der Waals surface area contributed by atoms with Crippen LogP contribution in [0, 0.1) is 20.8 Å². The minimum atomic E-state index is -0.165. The standard InChI is InChI=1S/C23H21N5OS/c1-14-12-15(2)25-23(24-14)28-20-10-6-18(7-11-20)22(29)27-19-8-4-17(5-9-19)21-13-30-16(3)26-21/h4-13H,1-3H3,(H,27,29)(H,24,25,28). The second kappa shape index (κ2) is 8.42. The Hall–Kier alpha value is -3.58. The third kappa shape index (κ3) is 4.69. The minimum Gasteiger partial charge on any atom is -0.324 e. The fourth-order valence-corrected chi connectivity index (χ4v) is 3.66. The predicted octanol–water partition coefficient (Wildman–Crippen LogP) is 5.52. The van der Waals surface area contributed by atoms with E-state index in [2.05, 4.69) is 25.6 Å². The SMILES string of the molecule is Cc1cc(C)nc(Nc2ccc(C(=O)Nc3ccc(-c4csc(C)n4)cc3)cc2)n1. The van der Waals surface area contributed by atoms with E-state index in [1.54, 1.807) is 23.5 Å². The molecule has 30 heavy (non-hydrogen) atoms. The molecule has 0 aliphatic carbocycles. The van der Waals surface area contributed by atoms with Crippen molar-refractivity contribution in [1.82, 2.24) is 15.0 Å². The normalized spacial score (nSPS) is 10.6. The zero-order chi connectivity index (χ0) is 21.1. The Bertz CT molecular complexity index is 1160. The van der Waals surface area contributed by atoms with E-state index in [0.717, 1.165) is 39.0 Å². The molecule has 0 bridgehead atoms. The second-order valence-electron chi connectivity index (χ2n) is 6.96. The first-order chi connectivity index (χ1) is 14.5. The van der Waals surface area contributed by atoms with E-state index in [-0.39, 0.29) is 5.91 Å². The lowest BCUT2D eigenvalue weighted by Gasteiger charge is -2.09. The molecule has 0 saturated heterocycles. The lowest BCUT2D eigenvalue weighted by Crippen LogP contribution is -2.11. The fraction of sp³-hybridized carbons (Fsp3) is 0.130. The number of carbonyl (C=O) groups excluding carboxylic acids is 1. The summed E-state index contributed by atoms with van der Waals surface area (Å²) in [5.41, 5.74) is 5.91. The monoisotopic (exact) mass is 415 g/mol. The van der Waals surface area contributed by atoms with Gasteiger partial charge in [-0.05, 0) is 63.2 Å². The molecule has 0 aliphatic heterocycles. The van der Waals surface area contributed by atoms with E-state index in [1.807, 2.05) is 68.6 Å². The zero-order valence-electron chi connectivity index (χ0n) is 16.9. The summed E-state index contributed by atoms with van der Waals surface area (Å²) in [5.74, 6) is 0.376. The van der Waals surface area contributed by atoms with Crippen molar-refractivity contribution >= 4 is 34.6 Å². The molecule has 1 amide bonds. The van der Waals surface area contributed by atoms with Gasteiger partial charge in [0.1, 0.15) is 0 Å². The van der Waals surface area contributed by atoms with Crippen LogP contribution in [0.4, 0.5) is 17.3 Å². The van der Waals surface area contributed by atoms with Gasteiger partial charge in [0.2, 0.25) is 5.95 Å². The molecule has 150 valence electrons. The molecule has 7 heteroatoms. The maximum atomic E-state index is 12.6. The molecule has 2 N–H and O–H groups in total. The Morgan fingerprint density at radius 3 is 2.07 bits per heavy atom. The molecule has 0 saturated carbocycles. The lowest BCUT2D eigenvalue weighted by atomic mass is 10.1. The molecule has 4 aromatic rings. The van der Waals surface area contributed by atoms with Gasteiger partial charge in [0, 0.05) is 39.3 Å². The van der Waals surface area contributed by atoms with Crippen molar-refractivity contribution in [2.45, 2.75) is 20.8 Å². The van der Waals surface area contributed by atoms with Gasteiger partial charge in [-0.25, -0.2) is 15.0 Å². The van der Waals surface area contributed by atoms with Crippen LogP contribution >= 0.6 is 11.3 Å². The average molecular weight is 416 g/mol. The van der Waals surface area contributed by atoms with Gasteiger partial charge in [0.15, 0.2) is 0 Å². The van der Waals surface area contributed by atoms with Crippen LogP contribution in [0.15, 0.2) is 60.0 Å². The van der Waals surface area contributed by atoms with Crippen LogP contribution in [-0.2, 0) is 0 Å². The highest BCUT2D eigenvalue weighted by Crippen LogP contribution is 2.23. The Morgan fingerprint density at radius 1 is 0.833 bits per heavy atom. The molecule has 2 heterocycles. The number of amides is 1. The van der Waals surface area contributed by atoms with Crippen molar-refractivity contribution in [3.05, 3.63) is 81.9 Å². The molecular weight excluding hydrogens is 394 g/mol. The van der Waals surface area contributed by atoms with Crippen molar-refractivity contribution in [3.8, 4) is 11.3 Å². The molecule has 0 radical (unpaired) electrons. The summed E-state index contributed by atoms with van der Waals surface area (Å²) in [4.78, 5) is 25.8. The Morgan fingerprint density at radius 2 is 1.47 bits per heavy atom. The smallest absolute Gasteiger partial charge is 0.255 e. The summed E-state index contributed by atoms with van der Waals surface area (Å²) < 4.78 is 0. The van der Waals surface area contributed by atoms with E-state index in [1.165, 1.54) is 0 Å². The molecule has 0 unspecified atom stereocenters. The number of aromatic nitrogens is 3. The molecule has 2 aromatic heterocycles. The average Bonchev–Trinajstić information content (AvgIpc) is 3.14. The Balaban J connectivity index is 1.41. The predicted molar refractivity (Wildman–Crippen MR) is 121 cm³/mol. The number of rotatable bonds is 5. The van der Waals surface area contributed by atoms with Crippen molar-refractivity contribution in [2.24, 2.45) is 0 Å². The molecule has 4 rings (SSSR count). The van der Waals surface area contributed by atoms with Gasteiger partial charge in [-0.2, -0.15) is 0 Å². The topological polar surface area (TPSA) is 79.8 Å². The van der Waals surface area contributed by atoms with Crippen LogP contribution < -0.4 is 10.6 Å². The summed E-state index contributed by atoms with van der Waals surface area (Å²) in [6.45, 7) is 5.84. The van der Waals surface area contributed by atoms with Crippen LogP contribution in [0.2, 0.25) is 0 Å². The molecule has 2 aromatic carbocycles. The van der Waals surface area contributed by atoms with E-state index >= 15 is 0 Å². The summed E-state index contributed by atoms with van der Waals surface area (Å²) >= 11 is 1.62. The first kappa shape index (κ1) is 19.7. The first-order valence-corrected chi connectivity index (χ1v) is 10.4. The van der Waals surface area contributed by atoms with Crippen molar-refractivity contribution in [1.29, 1.82) is 0 Å². The quantitative estimate of drug-likeness (QED) is 0.448. The fourth-order valence-electron chi connectivity index (χ4n) is 3.04. The summed E-state index contributed by atoms with van der Waals surface area (Å²) in [5, 5.41) is 9.15. The summed E-state index contributed by atoms with van der Waals surface area (Å²) in [6, 6.07) is 16.8. The number of carbonyl (C=O) groups is 1. The molecule has 0 spiro atoms. The van der Waals surface area contributed by atoms with Crippen LogP contribution in [0.1, 0.15) is 26.8 Å². The highest BCUT2D eigenvalue weighted by Gasteiger charge is 2.08. The highest BCUT2D eigenvalue weighted by atomic mass is 32.1. The third-order valence-corrected chi connectivity index (χ3v) is 5.22. The second-order valence-corrected chi connectivity index (χ2v) is 8.02. The number of nitrogens with zero attached hydrogens (tertiary/aromatic N) is 3. The van der Waals surface area contributed by atoms with Crippen LogP contribution in [0.25, 0.3) is 11.3 Å². The summed E-state index contributed by atoms with van der Waals surface area (Å²) in [6.07, 6.45) is 0. The van der Waals surface area contributed by atoms with E-state index in [9.17, 15) is 4.79 Å². The van der Waals surface area contributed by atoms with Gasteiger partial charge < -0.3 is 10.6 Å². The number of aryl methyl sites for hydroxylation is 3. The molecule has 6 nitrogen and oxygen atoms in total. The van der Waals surface area contributed by atoms with Crippen LogP contribution in [-0.4, -0.2) is 20.9 Å². The lowest BCUT2D eigenvalue weighted by molar-refractivity contribution is 0.102. The number of hydrogen-bond acceptors (Lipinski definition) is 6. The van der Waals surface area contributed by atoms with Gasteiger partial charge in [0.25, 0.3) is 5.91 Å². The molecule has 0 aliphatic rings. The molecule has 0 atom stereocenters. The van der Waals surface area contributed by atoms with Gasteiger partial charge in [-0.3, -0.25) is 4.79 Å². The van der Waals surface area contributed by atoms with Gasteiger partial charge in [-0.1, -0.05) is 12.1 Å². The van der Waals surface area contributed by atoms with Gasteiger partial charge in [-0.15, -0.1) is 11.3 Å². The largest absolute Gasteiger partial charge is 0.324 e. The number of thiazole rings is 1. The van der Waals surface area contributed by atoms with E-state index in [4.69, 9.17) is 0 Å². The maximum absolute atomic E-state index is 12.6. The number of anilines is 3. The number of benzene rings is 2. The first-order valence-electron chi connectivity index (χ1n) is 9.49. The maximum Gasteiger partial charge on any atom is 0.255 e. The van der Waals surface area contributed by atoms with E-state index in [0.29, 0.717) is 11.5 Å². The highest BCUT2D eigenvalue weighted by molar-refractivity contribution is 7.09. The third-order valence-electron chi connectivity index (χ3n) is 4.44.